The van der Waals surface area contributed by atoms with Crippen molar-refractivity contribution >= 4 is 5.78 Å². The average molecular weight is 154 g/mol. The molecule has 1 aliphatic carbocycles. The van der Waals surface area contributed by atoms with Crippen LogP contribution in [0.15, 0.2) is 11.6 Å². The molecule has 0 amide bonds. The van der Waals surface area contributed by atoms with Crippen molar-refractivity contribution in [1.82, 2.24) is 0 Å². The molecule has 0 radical (unpaired) electrons. The second kappa shape index (κ2) is 3.67. The number of rotatable bonds is 2. The Morgan fingerprint density at radius 1 is 1.73 bits per heavy atom. The maximum Gasteiger partial charge on any atom is 0.165 e. The first kappa shape index (κ1) is 8.47. The highest BCUT2D eigenvalue weighted by molar-refractivity contribution is 5.86. The van der Waals surface area contributed by atoms with Gasteiger partial charge in [0.15, 0.2) is 5.78 Å². The van der Waals surface area contributed by atoms with Crippen molar-refractivity contribution in [2.24, 2.45) is 0 Å². The summed E-state index contributed by atoms with van der Waals surface area (Å²) in [4.78, 5) is 11.0. The minimum atomic E-state index is -0.788. The maximum atomic E-state index is 11.0. The molecule has 0 saturated carbocycles. The van der Waals surface area contributed by atoms with Gasteiger partial charge in [0.1, 0.15) is 6.10 Å². The fourth-order valence-electron chi connectivity index (χ4n) is 1.38. The molecule has 1 N–H and O–H groups in total. The van der Waals surface area contributed by atoms with Crippen LogP contribution in [0.3, 0.4) is 0 Å². The zero-order chi connectivity index (χ0) is 8.27. The van der Waals surface area contributed by atoms with Crippen LogP contribution in [-0.4, -0.2) is 17.0 Å². The number of hydrogen-bond acceptors (Lipinski definition) is 2. The van der Waals surface area contributed by atoms with Gasteiger partial charge in [-0.3, -0.25) is 4.79 Å². The molecule has 0 heterocycles. The molecule has 0 spiro atoms. The number of aliphatic hydroxyl groups is 1. The van der Waals surface area contributed by atoms with E-state index in [9.17, 15) is 9.90 Å². The minimum Gasteiger partial charge on any atom is -0.381 e. The van der Waals surface area contributed by atoms with Gasteiger partial charge in [0.2, 0.25) is 0 Å². The van der Waals surface area contributed by atoms with Gasteiger partial charge in [-0.2, -0.15) is 0 Å². The zero-order valence-electron chi connectivity index (χ0n) is 6.84. The fraction of sp³-hybridized carbons (Fsp3) is 0.667. The summed E-state index contributed by atoms with van der Waals surface area (Å²) in [7, 11) is 0. The van der Waals surface area contributed by atoms with Gasteiger partial charge in [-0.05, 0) is 18.4 Å². The van der Waals surface area contributed by atoms with E-state index in [1.165, 1.54) is 0 Å². The third kappa shape index (κ3) is 1.90. The molecular weight excluding hydrogens is 140 g/mol. The summed E-state index contributed by atoms with van der Waals surface area (Å²) in [6.45, 7) is 2.05. The minimum absolute atomic E-state index is 0.0176. The summed E-state index contributed by atoms with van der Waals surface area (Å²) in [5, 5.41) is 9.35. The number of ketones is 1. The summed E-state index contributed by atoms with van der Waals surface area (Å²) in [6, 6.07) is 0. The Labute approximate surface area is 66.9 Å². The van der Waals surface area contributed by atoms with Gasteiger partial charge in [-0.15, -0.1) is 0 Å². The van der Waals surface area contributed by atoms with Crippen LogP contribution in [-0.2, 0) is 4.79 Å². The van der Waals surface area contributed by atoms with E-state index in [0.29, 0.717) is 6.42 Å². The van der Waals surface area contributed by atoms with Gasteiger partial charge < -0.3 is 5.11 Å². The van der Waals surface area contributed by atoms with Crippen molar-refractivity contribution < 1.29 is 9.90 Å². The SMILES string of the molecule is CCCC1=CCCC(=O)[C@@H]1O. The van der Waals surface area contributed by atoms with Crippen LogP contribution < -0.4 is 0 Å². The fourth-order valence-corrected chi connectivity index (χ4v) is 1.38. The second-order valence-electron chi connectivity index (χ2n) is 2.94. The van der Waals surface area contributed by atoms with Crippen LogP contribution in [0.1, 0.15) is 32.6 Å². The van der Waals surface area contributed by atoms with Crippen LogP contribution in [0, 0.1) is 0 Å². The van der Waals surface area contributed by atoms with Gasteiger partial charge in [0.05, 0.1) is 0 Å². The van der Waals surface area contributed by atoms with E-state index in [-0.39, 0.29) is 5.78 Å². The number of carbonyl (C=O) groups excluding carboxylic acids is 1. The van der Waals surface area contributed by atoms with Crippen LogP contribution >= 0.6 is 0 Å². The van der Waals surface area contributed by atoms with Crippen molar-refractivity contribution in [2.45, 2.75) is 38.7 Å². The molecular formula is C9H14O2. The number of carbonyl (C=O) groups is 1. The van der Waals surface area contributed by atoms with Gasteiger partial charge in [0, 0.05) is 6.42 Å². The van der Waals surface area contributed by atoms with E-state index in [1.54, 1.807) is 0 Å². The molecule has 1 rings (SSSR count). The van der Waals surface area contributed by atoms with E-state index in [0.717, 1.165) is 24.8 Å². The van der Waals surface area contributed by atoms with E-state index >= 15 is 0 Å². The van der Waals surface area contributed by atoms with E-state index in [1.807, 2.05) is 13.0 Å². The highest BCUT2D eigenvalue weighted by atomic mass is 16.3. The molecule has 11 heavy (non-hydrogen) atoms. The lowest BCUT2D eigenvalue weighted by atomic mass is 9.92. The Morgan fingerprint density at radius 2 is 2.45 bits per heavy atom. The zero-order valence-corrected chi connectivity index (χ0v) is 6.84. The Balaban J connectivity index is 2.62. The summed E-state index contributed by atoms with van der Waals surface area (Å²) >= 11 is 0. The van der Waals surface area contributed by atoms with E-state index < -0.39 is 6.10 Å². The molecule has 2 nitrogen and oxygen atoms in total. The second-order valence-corrected chi connectivity index (χ2v) is 2.94. The van der Waals surface area contributed by atoms with E-state index in [4.69, 9.17) is 0 Å². The molecule has 0 aliphatic heterocycles. The van der Waals surface area contributed by atoms with Crippen LogP contribution in [0.2, 0.25) is 0 Å². The maximum absolute atomic E-state index is 11.0. The van der Waals surface area contributed by atoms with Crippen molar-refractivity contribution in [1.29, 1.82) is 0 Å². The van der Waals surface area contributed by atoms with Crippen molar-refractivity contribution in [3.63, 3.8) is 0 Å². The van der Waals surface area contributed by atoms with Crippen LogP contribution in [0.5, 0.6) is 0 Å². The topological polar surface area (TPSA) is 37.3 Å². The average Bonchev–Trinajstić information content (AvgIpc) is 1.99. The summed E-state index contributed by atoms with van der Waals surface area (Å²) in [5.74, 6) is -0.0176. The Morgan fingerprint density at radius 3 is 3.09 bits per heavy atom. The Kier molecular flexibility index (Phi) is 2.83. The highest BCUT2D eigenvalue weighted by Gasteiger charge is 2.21. The van der Waals surface area contributed by atoms with Crippen molar-refractivity contribution in [3.8, 4) is 0 Å². The molecule has 0 bridgehead atoms. The number of hydrogen-bond donors (Lipinski definition) is 1. The van der Waals surface area contributed by atoms with Crippen LogP contribution in [0.25, 0.3) is 0 Å². The van der Waals surface area contributed by atoms with Crippen molar-refractivity contribution in [3.05, 3.63) is 11.6 Å². The van der Waals surface area contributed by atoms with Gasteiger partial charge in [-0.25, -0.2) is 0 Å². The third-order valence-electron chi connectivity index (χ3n) is 1.99. The number of aliphatic hydroxyl groups excluding tert-OH is 1. The molecule has 1 atom stereocenters. The first-order valence-corrected chi connectivity index (χ1v) is 4.15. The molecule has 2 heteroatoms. The monoisotopic (exact) mass is 154 g/mol. The van der Waals surface area contributed by atoms with Crippen molar-refractivity contribution in [2.75, 3.05) is 0 Å². The largest absolute Gasteiger partial charge is 0.381 e. The summed E-state index contributed by atoms with van der Waals surface area (Å²) < 4.78 is 0. The predicted molar refractivity (Wildman–Crippen MR) is 43.2 cm³/mol. The molecule has 0 saturated heterocycles. The lowest BCUT2D eigenvalue weighted by Crippen LogP contribution is -2.25. The summed E-state index contributed by atoms with van der Waals surface area (Å²) in [6.07, 6.45) is 4.38. The Bertz CT molecular complexity index is 182. The lowest BCUT2D eigenvalue weighted by molar-refractivity contribution is -0.125. The van der Waals surface area contributed by atoms with Gasteiger partial charge >= 0.3 is 0 Å². The predicted octanol–water partition coefficient (Wildman–Crippen LogP) is 1.44. The molecule has 0 aromatic carbocycles. The highest BCUT2D eigenvalue weighted by Crippen LogP contribution is 2.19. The smallest absolute Gasteiger partial charge is 0.165 e. The van der Waals surface area contributed by atoms with Gasteiger partial charge in [0.25, 0.3) is 0 Å². The standard InChI is InChI=1S/C9H14O2/c1-2-4-7-5-3-6-8(10)9(7)11/h5,9,11H,2-4,6H2,1H3/t9-/m1/s1. The molecule has 0 unspecified atom stereocenters. The van der Waals surface area contributed by atoms with E-state index in [2.05, 4.69) is 0 Å². The number of allylic oxidation sites excluding steroid dienone is 1. The Hall–Kier alpha value is -0.630. The van der Waals surface area contributed by atoms with Gasteiger partial charge in [-0.1, -0.05) is 19.4 Å². The quantitative estimate of drug-likeness (QED) is 0.611. The first-order chi connectivity index (χ1) is 5.25. The lowest BCUT2D eigenvalue weighted by Gasteiger charge is -2.17. The van der Waals surface area contributed by atoms with Crippen LogP contribution in [0.4, 0.5) is 0 Å². The number of Topliss-reactive ketones (excluding diaryl/α,β-unsaturated/α-hetero) is 1. The molecule has 0 aromatic rings. The molecule has 1 aliphatic rings. The third-order valence-corrected chi connectivity index (χ3v) is 1.99. The normalized spacial score (nSPS) is 25.1. The molecule has 0 aromatic heterocycles. The summed E-state index contributed by atoms with van der Waals surface area (Å²) in [5.41, 5.74) is 0.920. The first-order valence-electron chi connectivity index (χ1n) is 4.15. The molecule has 62 valence electrons. The molecule has 0 fully saturated rings.